The van der Waals surface area contributed by atoms with Crippen LogP contribution in [-0.4, -0.2) is 40.8 Å². The molecule has 0 unspecified atom stereocenters. The van der Waals surface area contributed by atoms with E-state index in [2.05, 4.69) is 0 Å². The van der Waals surface area contributed by atoms with Gasteiger partial charge in [0, 0.05) is 0 Å². The Kier molecular flexibility index (Phi) is 56.7. The van der Waals surface area contributed by atoms with Gasteiger partial charge in [0.25, 0.3) is 0 Å². The summed E-state index contributed by atoms with van der Waals surface area (Å²) >= 11 is 0. The second kappa shape index (κ2) is 32.0. The summed E-state index contributed by atoms with van der Waals surface area (Å²) in [7, 11) is 0. The first-order valence-electron chi connectivity index (χ1n) is 6.21. The number of carboxylic acid groups (broad SMARTS) is 2. The van der Waals surface area contributed by atoms with E-state index < -0.39 is 30.6 Å². The van der Waals surface area contributed by atoms with E-state index in [-0.39, 0.29) is 21.7 Å². The number of hydrogen-bond donors (Lipinski definition) is 2. The van der Waals surface area contributed by atoms with Crippen molar-refractivity contribution in [2.24, 2.45) is 0 Å². The van der Waals surface area contributed by atoms with Crippen LogP contribution in [0.25, 0.3) is 0 Å². The van der Waals surface area contributed by atoms with E-state index in [1.165, 1.54) is 0 Å². The Bertz CT molecular complexity index is 124. The first-order chi connectivity index (χ1) is 8.66. The van der Waals surface area contributed by atoms with Crippen molar-refractivity contribution in [1.82, 2.24) is 0 Å². The molecule has 7 nitrogen and oxygen atoms in total. The zero-order valence-electron chi connectivity index (χ0n) is 14.2. The molecule has 2 N–H and O–H groups in total. The van der Waals surface area contributed by atoms with E-state index in [9.17, 15) is 20.4 Å². The molecule has 0 aromatic carbocycles. The summed E-state index contributed by atoms with van der Waals surface area (Å²) in [5.41, 5.74) is 0. The summed E-state index contributed by atoms with van der Waals surface area (Å²) in [6.45, 7) is 12.9. The Hall–Kier alpha value is -0.176. The fourth-order valence-electron chi connectivity index (χ4n) is 0. The summed E-state index contributed by atoms with van der Waals surface area (Å²) in [5, 5.41) is 52.1. The van der Waals surface area contributed by atoms with Gasteiger partial charge in [0.1, 0.15) is 0 Å². The van der Waals surface area contributed by atoms with Crippen molar-refractivity contribution in [3.05, 3.63) is 0 Å². The fourth-order valence-corrected chi connectivity index (χ4v) is 0. The van der Waals surface area contributed by atoms with Gasteiger partial charge in [-0.15, -0.1) is 24.4 Å². The third-order valence-corrected chi connectivity index (χ3v) is 0. The summed E-state index contributed by atoms with van der Waals surface area (Å²) < 4.78 is 0. The van der Waals surface area contributed by atoms with Gasteiger partial charge in [-0.1, -0.05) is 55.4 Å². The standard InChI is InChI=1S/4C3H7O.CH2O3.Ti/c4*1-3(2)4;2-1(3)4;/h4*3H,1-2H3;(H2,2,3,4);/q4*-1;;+4. The molecule has 0 saturated carbocycles. The first kappa shape index (κ1) is 37.2. The molecule has 0 spiro atoms. The average Bonchev–Trinajstić information content (AvgIpc) is 1.94. The van der Waals surface area contributed by atoms with Crippen molar-refractivity contribution in [2.45, 2.75) is 79.8 Å². The van der Waals surface area contributed by atoms with E-state index in [4.69, 9.17) is 15.0 Å². The zero-order valence-corrected chi connectivity index (χ0v) is 15.8. The Labute approximate surface area is 143 Å². The van der Waals surface area contributed by atoms with Crippen LogP contribution >= 0.6 is 0 Å². The molecule has 0 bridgehead atoms. The SMILES string of the molecule is CC(C)[O-].CC(C)[O-].CC(C)[O-].CC(C)[O-].O=C(O)O.[Ti+4]. The van der Waals surface area contributed by atoms with Crippen molar-refractivity contribution < 1.29 is 57.2 Å². The molecule has 0 aliphatic rings. The summed E-state index contributed by atoms with van der Waals surface area (Å²) in [5.74, 6) is 0. The Morgan fingerprint density at radius 2 is 0.619 bits per heavy atom. The molecular formula is C13H30O7Ti. The summed E-state index contributed by atoms with van der Waals surface area (Å²) in [4.78, 5) is 8.56. The van der Waals surface area contributed by atoms with Crippen molar-refractivity contribution in [2.75, 3.05) is 0 Å². The van der Waals surface area contributed by atoms with Crippen molar-refractivity contribution >= 4 is 6.16 Å². The first-order valence-corrected chi connectivity index (χ1v) is 6.21. The van der Waals surface area contributed by atoms with Crippen LogP contribution < -0.4 is 20.4 Å². The van der Waals surface area contributed by atoms with Gasteiger partial charge in [-0.3, -0.25) is 0 Å². The Balaban J connectivity index is -0.0000000331. The van der Waals surface area contributed by atoms with Gasteiger partial charge in [-0.2, -0.15) is 0 Å². The molecule has 0 aliphatic heterocycles. The predicted octanol–water partition coefficient (Wildman–Crippen LogP) is -0.760. The number of rotatable bonds is 0. The molecule has 21 heavy (non-hydrogen) atoms. The molecule has 0 aromatic rings. The monoisotopic (exact) mass is 346 g/mol. The summed E-state index contributed by atoms with van der Waals surface area (Å²) in [6, 6.07) is 0. The van der Waals surface area contributed by atoms with Gasteiger partial charge in [-0.05, 0) is 0 Å². The van der Waals surface area contributed by atoms with Crippen LogP contribution in [0.15, 0.2) is 0 Å². The molecule has 0 aromatic heterocycles. The number of hydrogen-bond acceptors (Lipinski definition) is 5. The van der Waals surface area contributed by atoms with Crippen molar-refractivity contribution in [3.63, 3.8) is 0 Å². The predicted molar refractivity (Wildman–Crippen MR) is 71.2 cm³/mol. The van der Waals surface area contributed by atoms with E-state index in [1.54, 1.807) is 55.4 Å². The minimum absolute atomic E-state index is 0. The van der Waals surface area contributed by atoms with Crippen LogP contribution in [0.3, 0.4) is 0 Å². The van der Waals surface area contributed by atoms with Gasteiger partial charge in [0.2, 0.25) is 0 Å². The molecule has 128 valence electrons. The largest absolute Gasteiger partial charge is 4.00 e. The second-order valence-electron chi connectivity index (χ2n) is 4.48. The third-order valence-electron chi connectivity index (χ3n) is 0. The molecule has 0 heterocycles. The minimum atomic E-state index is -1.83. The topological polar surface area (TPSA) is 150 Å². The maximum atomic E-state index is 9.53. The molecule has 0 fully saturated rings. The molecule has 0 radical (unpaired) electrons. The molecule has 0 atom stereocenters. The quantitative estimate of drug-likeness (QED) is 0.547. The molecule has 0 amide bonds. The van der Waals surface area contributed by atoms with E-state index >= 15 is 0 Å². The van der Waals surface area contributed by atoms with E-state index in [0.29, 0.717) is 0 Å². The molecule has 0 saturated heterocycles. The molecular weight excluding hydrogens is 316 g/mol. The van der Waals surface area contributed by atoms with Crippen LogP contribution in [0.5, 0.6) is 0 Å². The van der Waals surface area contributed by atoms with Gasteiger partial charge < -0.3 is 30.6 Å². The maximum absolute atomic E-state index is 9.53. The maximum Gasteiger partial charge on any atom is 4.00 e. The molecule has 0 aliphatic carbocycles. The van der Waals surface area contributed by atoms with Crippen LogP contribution in [0, 0.1) is 0 Å². The van der Waals surface area contributed by atoms with Crippen LogP contribution in [0.1, 0.15) is 55.4 Å². The minimum Gasteiger partial charge on any atom is -0.852 e. The Morgan fingerprint density at radius 3 is 0.619 bits per heavy atom. The van der Waals surface area contributed by atoms with Gasteiger partial charge in [0.15, 0.2) is 0 Å². The average molecular weight is 346 g/mol. The zero-order chi connectivity index (χ0) is 17.9. The Morgan fingerprint density at radius 1 is 0.619 bits per heavy atom. The van der Waals surface area contributed by atoms with Crippen molar-refractivity contribution in [1.29, 1.82) is 0 Å². The van der Waals surface area contributed by atoms with E-state index in [1.807, 2.05) is 0 Å². The third kappa shape index (κ3) is 204000. The van der Waals surface area contributed by atoms with Crippen LogP contribution in [-0.2, 0) is 21.7 Å². The van der Waals surface area contributed by atoms with Crippen molar-refractivity contribution in [3.8, 4) is 0 Å². The van der Waals surface area contributed by atoms with Crippen LogP contribution in [0.2, 0.25) is 0 Å². The van der Waals surface area contributed by atoms with Gasteiger partial charge >= 0.3 is 27.9 Å². The molecule has 0 rings (SSSR count). The fraction of sp³-hybridized carbons (Fsp3) is 0.923. The normalized spacial score (nSPS) is 8.00. The summed E-state index contributed by atoms with van der Waals surface area (Å²) in [6.07, 6.45) is -3.50. The second-order valence-corrected chi connectivity index (χ2v) is 4.48. The van der Waals surface area contributed by atoms with Crippen LogP contribution in [0.4, 0.5) is 4.79 Å². The van der Waals surface area contributed by atoms with Gasteiger partial charge in [-0.25, -0.2) is 4.79 Å². The smallest absolute Gasteiger partial charge is 0.852 e. The molecule has 8 heteroatoms. The van der Waals surface area contributed by atoms with Gasteiger partial charge in [0.05, 0.1) is 0 Å². The van der Waals surface area contributed by atoms with E-state index in [0.717, 1.165) is 0 Å². The number of carbonyl (C=O) groups is 1.